The number of carbonyl (C=O) groups is 1. The molecule has 1 aromatic heterocycles. The number of nitrogens with one attached hydrogen (secondary N) is 1. The molecule has 0 atom stereocenters. The van der Waals surface area contributed by atoms with E-state index in [-0.39, 0.29) is 11.4 Å². The molecule has 0 aliphatic rings. The Bertz CT molecular complexity index is 361. The van der Waals surface area contributed by atoms with Crippen LogP contribution in [0.25, 0.3) is 0 Å². The van der Waals surface area contributed by atoms with Crippen molar-refractivity contribution < 1.29 is 4.79 Å². The summed E-state index contributed by atoms with van der Waals surface area (Å²) in [6.45, 7) is 7.45. The molecule has 1 rings (SSSR count). The summed E-state index contributed by atoms with van der Waals surface area (Å²) >= 11 is 1.59. The van der Waals surface area contributed by atoms with Gasteiger partial charge in [-0.25, -0.2) is 0 Å². The molecular formula is C13H22N2OS. The first kappa shape index (κ1) is 14.2. The molecule has 3 nitrogen and oxygen atoms in total. The molecule has 1 amide bonds. The lowest BCUT2D eigenvalue weighted by Gasteiger charge is -2.31. The molecule has 0 fully saturated rings. The Kier molecular flexibility index (Phi) is 5.15. The quantitative estimate of drug-likeness (QED) is 0.786. The highest BCUT2D eigenvalue weighted by Gasteiger charge is 2.22. The maximum atomic E-state index is 11.0. The summed E-state index contributed by atoms with van der Waals surface area (Å²) in [7, 11) is 0. The van der Waals surface area contributed by atoms with Gasteiger partial charge >= 0.3 is 0 Å². The van der Waals surface area contributed by atoms with Gasteiger partial charge in [0.25, 0.3) is 0 Å². The van der Waals surface area contributed by atoms with Gasteiger partial charge in [0.2, 0.25) is 5.91 Å². The summed E-state index contributed by atoms with van der Waals surface area (Å²) in [6.07, 6.45) is 3.36. The predicted molar refractivity (Wildman–Crippen MR) is 73.3 cm³/mol. The van der Waals surface area contributed by atoms with Gasteiger partial charge in [0.15, 0.2) is 0 Å². The van der Waals surface area contributed by atoms with Crippen molar-refractivity contribution in [3.8, 4) is 0 Å². The average Bonchev–Trinajstić information content (AvgIpc) is 2.81. The normalized spacial score (nSPS) is 11.7. The lowest BCUT2D eigenvalue weighted by molar-refractivity contribution is 0.100. The Morgan fingerprint density at radius 1 is 1.35 bits per heavy atom. The smallest absolute Gasteiger partial charge is 0.249 e. The Labute approximate surface area is 107 Å². The van der Waals surface area contributed by atoms with Crippen LogP contribution in [0, 0.1) is 0 Å². The van der Waals surface area contributed by atoms with Crippen molar-refractivity contribution in [2.75, 3.05) is 0 Å². The van der Waals surface area contributed by atoms with Crippen LogP contribution >= 0.6 is 11.3 Å². The van der Waals surface area contributed by atoms with E-state index in [1.807, 2.05) is 11.4 Å². The second-order valence-electron chi connectivity index (χ2n) is 4.36. The number of rotatable bonds is 7. The van der Waals surface area contributed by atoms with Crippen molar-refractivity contribution >= 4 is 17.2 Å². The molecule has 0 radical (unpaired) electrons. The van der Waals surface area contributed by atoms with E-state index in [4.69, 9.17) is 5.73 Å². The monoisotopic (exact) mass is 254 g/mol. The molecule has 1 heterocycles. The van der Waals surface area contributed by atoms with Crippen LogP contribution in [0.5, 0.6) is 0 Å². The van der Waals surface area contributed by atoms with Gasteiger partial charge in [0, 0.05) is 22.3 Å². The van der Waals surface area contributed by atoms with Gasteiger partial charge in [0.1, 0.15) is 0 Å². The highest BCUT2D eigenvalue weighted by molar-refractivity contribution is 7.10. The lowest BCUT2D eigenvalue weighted by atomic mass is 9.90. The van der Waals surface area contributed by atoms with Crippen LogP contribution in [0.1, 0.15) is 55.3 Å². The third-order valence-electron chi connectivity index (χ3n) is 3.61. The Hall–Kier alpha value is -0.870. The van der Waals surface area contributed by atoms with Gasteiger partial charge in [-0.3, -0.25) is 4.79 Å². The summed E-state index contributed by atoms with van der Waals surface area (Å²) in [5.41, 5.74) is 6.07. The first-order valence-corrected chi connectivity index (χ1v) is 7.07. The molecular weight excluding hydrogens is 232 g/mol. The number of thiophene rings is 1. The van der Waals surface area contributed by atoms with Crippen LogP contribution < -0.4 is 11.1 Å². The molecule has 1 aromatic rings. The number of carbonyl (C=O) groups excluding carboxylic acids is 1. The van der Waals surface area contributed by atoms with Gasteiger partial charge in [-0.1, -0.05) is 20.8 Å². The fraction of sp³-hybridized carbons (Fsp3) is 0.615. The molecule has 4 heteroatoms. The Balaban J connectivity index is 2.62. The second-order valence-corrected chi connectivity index (χ2v) is 5.36. The summed E-state index contributed by atoms with van der Waals surface area (Å²) in [6, 6.07) is 1.88. The molecule has 0 unspecified atom stereocenters. The lowest BCUT2D eigenvalue weighted by Crippen LogP contribution is -2.42. The molecule has 0 saturated heterocycles. The van der Waals surface area contributed by atoms with E-state index in [9.17, 15) is 4.79 Å². The van der Waals surface area contributed by atoms with Gasteiger partial charge in [0.05, 0.1) is 5.56 Å². The fourth-order valence-corrected chi connectivity index (χ4v) is 2.82. The minimum absolute atomic E-state index is 0.219. The zero-order valence-corrected chi connectivity index (χ0v) is 11.7. The van der Waals surface area contributed by atoms with Crippen molar-refractivity contribution in [2.45, 2.75) is 52.1 Å². The van der Waals surface area contributed by atoms with Gasteiger partial charge in [-0.05, 0) is 25.3 Å². The SMILES string of the molecule is CCC(CC)(CC)NCc1cc(C(N)=O)cs1. The number of hydrogen-bond acceptors (Lipinski definition) is 3. The van der Waals surface area contributed by atoms with Crippen molar-refractivity contribution in [1.29, 1.82) is 0 Å². The largest absolute Gasteiger partial charge is 0.366 e. The van der Waals surface area contributed by atoms with Crippen LogP contribution in [0.4, 0.5) is 0 Å². The highest BCUT2D eigenvalue weighted by atomic mass is 32.1. The van der Waals surface area contributed by atoms with Gasteiger partial charge in [-0.2, -0.15) is 0 Å². The van der Waals surface area contributed by atoms with E-state index in [0.29, 0.717) is 5.56 Å². The van der Waals surface area contributed by atoms with Gasteiger partial charge in [-0.15, -0.1) is 11.3 Å². The van der Waals surface area contributed by atoms with E-state index < -0.39 is 0 Å². The first-order chi connectivity index (χ1) is 8.06. The van der Waals surface area contributed by atoms with E-state index in [0.717, 1.165) is 25.8 Å². The molecule has 3 N–H and O–H groups in total. The number of nitrogens with two attached hydrogens (primary N) is 1. The summed E-state index contributed by atoms with van der Waals surface area (Å²) in [5, 5.41) is 5.43. The number of primary amides is 1. The van der Waals surface area contributed by atoms with Gasteiger partial charge < -0.3 is 11.1 Å². The Morgan fingerprint density at radius 3 is 2.35 bits per heavy atom. The maximum Gasteiger partial charge on any atom is 0.249 e. The third-order valence-corrected chi connectivity index (χ3v) is 4.54. The molecule has 96 valence electrons. The predicted octanol–water partition coefficient (Wildman–Crippen LogP) is 2.91. The van der Waals surface area contributed by atoms with Crippen molar-refractivity contribution in [3.63, 3.8) is 0 Å². The zero-order chi connectivity index (χ0) is 12.9. The fourth-order valence-electron chi connectivity index (χ4n) is 2.00. The molecule has 0 aromatic carbocycles. The van der Waals surface area contributed by atoms with Crippen LogP contribution in [0.2, 0.25) is 0 Å². The summed E-state index contributed by atoms with van der Waals surface area (Å²) in [5.74, 6) is -0.347. The average molecular weight is 254 g/mol. The first-order valence-electron chi connectivity index (χ1n) is 6.19. The molecule has 0 aliphatic carbocycles. The summed E-state index contributed by atoms with van der Waals surface area (Å²) in [4.78, 5) is 12.2. The second kappa shape index (κ2) is 6.17. The number of amides is 1. The van der Waals surface area contributed by atoms with Crippen LogP contribution in [0.15, 0.2) is 11.4 Å². The van der Waals surface area contributed by atoms with Crippen molar-refractivity contribution in [1.82, 2.24) is 5.32 Å². The molecule has 0 bridgehead atoms. The van der Waals surface area contributed by atoms with E-state index >= 15 is 0 Å². The van der Waals surface area contributed by atoms with Crippen LogP contribution in [-0.2, 0) is 6.54 Å². The molecule has 0 saturated carbocycles. The highest BCUT2D eigenvalue weighted by Crippen LogP contribution is 2.21. The zero-order valence-electron chi connectivity index (χ0n) is 10.9. The standard InChI is InChI=1S/C13H22N2OS/c1-4-13(5-2,6-3)15-8-11-7-10(9-17-11)12(14)16/h7,9,15H,4-6,8H2,1-3H3,(H2,14,16). The number of hydrogen-bond donors (Lipinski definition) is 2. The minimum Gasteiger partial charge on any atom is -0.366 e. The third kappa shape index (κ3) is 3.54. The minimum atomic E-state index is -0.347. The Morgan fingerprint density at radius 2 is 1.94 bits per heavy atom. The van der Waals surface area contributed by atoms with Crippen molar-refractivity contribution in [3.05, 3.63) is 21.9 Å². The maximum absolute atomic E-state index is 11.0. The summed E-state index contributed by atoms with van der Waals surface area (Å²) < 4.78 is 0. The van der Waals surface area contributed by atoms with E-state index in [1.54, 1.807) is 11.3 Å². The topological polar surface area (TPSA) is 55.1 Å². The molecule has 17 heavy (non-hydrogen) atoms. The molecule has 0 spiro atoms. The van der Waals surface area contributed by atoms with E-state index in [1.165, 1.54) is 4.88 Å². The van der Waals surface area contributed by atoms with Crippen LogP contribution in [-0.4, -0.2) is 11.4 Å². The van der Waals surface area contributed by atoms with E-state index in [2.05, 4.69) is 26.1 Å². The molecule has 0 aliphatic heterocycles. The van der Waals surface area contributed by atoms with Crippen LogP contribution in [0.3, 0.4) is 0 Å². The van der Waals surface area contributed by atoms with Crippen molar-refractivity contribution in [2.24, 2.45) is 5.73 Å².